The number of phenols is 2. The van der Waals surface area contributed by atoms with E-state index in [2.05, 4.69) is 13.8 Å². The third-order valence-electron chi connectivity index (χ3n) is 8.66. The Balaban J connectivity index is 1.39. The fraction of sp³-hybridized carbons (Fsp3) is 0.706. The highest BCUT2D eigenvalue weighted by atomic mass is 16.8. The van der Waals surface area contributed by atoms with Crippen molar-refractivity contribution in [1.82, 2.24) is 0 Å². The van der Waals surface area contributed by atoms with E-state index in [4.69, 9.17) is 23.7 Å². The van der Waals surface area contributed by atoms with Crippen molar-refractivity contribution in [3.63, 3.8) is 0 Å². The van der Waals surface area contributed by atoms with Crippen molar-refractivity contribution < 1.29 is 43.5 Å². The van der Waals surface area contributed by atoms with Crippen LogP contribution < -0.4 is 0 Å². The second kappa shape index (κ2) is 16.5. The number of carbonyl (C=O) groups excluding carboxylic acids is 2. The first kappa shape index (κ1) is 33.3. The summed E-state index contributed by atoms with van der Waals surface area (Å²) in [6.45, 7) is 4.39. The molecule has 3 aliphatic rings. The molecule has 2 heterocycles. The van der Waals surface area contributed by atoms with Gasteiger partial charge < -0.3 is 33.9 Å². The molecule has 2 N–H and O–H groups in total. The highest BCUT2D eigenvalue weighted by Crippen LogP contribution is 2.45. The van der Waals surface area contributed by atoms with E-state index >= 15 is 0 Å². The zero-order chi connectivity index (χ0) is 30.7. The smallest absolute Gasteiger partial charge is 0.341 e. The lowest BCUT2D eigenvalue weighted by molar-refractivity contribution is -0.176. The first-order valence-corrected chi connectivity index (χ1v) is 16.4. The number of hydrogen-bond acceptors (Lipinski definition) is 9. The van der Waals surface area contributed by atoms with Gasteiger partial charge in [0.25, 0.3) is 0 Å². The normalized spacial score (nSPS) is 28.4. The molecule has 2 aliphatic heterocycles. The van der Waals surface area contributed by atoms with Crippen LogP contribution in [0.3, 0.4) is 0 Å². The monoisotopic (exact) mass is 602 g/mol. The molecule has 0 unspecified atom stereocenters. The maximum absolute atomic E-state index is 13.3. The molecule has 240 valence electrons. The van der Waals surface area contributed by atoms with E-state index in [0.717, 1.165) is 38.5 Å². The first-order chi connectivity index (χ1) is 20.8. The number of phenolic OH excluding ortho intramolecular Hbond substituents is 2. The summed E-state index contributed by atoms with van der Waals surface area (Å²) in [4.78, 5) is 26.2. The highest BCUT2D eigenvalue weighted by Gasteiger charge is 2.61. The number of fused-ring (bicyclic) bond motifs is 1. The number of benzene rings is 1. The lowest BCUT2D eigenvalue weighted by atomic mass is 9.79. The Labute approximate surface area is 255 Å². The zero-order valence-electron chi connectivity index (χ0n) is 25.8. The van der Waals surface area contributed by atoms with Crippen molar-refractivity contribution >= 4 is 18.0 Å². The minimum atomic E-state index is -1.25. The van der Waals surface area contributed by atoms with Gasteiger partial charge in [-0.1, -0.05) is 84.1 Å². The Hall–Kier alpha value is -2.62. The summed E-state index contributed by atoms with van der Waals surface area (Å²) in [5.41, 5.74) is -0.728. The zero-order valence-corrected chi connectivity index (χ0v) is 25.8. The van der Waals surface area contributed by atoms with Crippen molar-refractivity contribution in [3.05, 3.63) is 29.8 Å². The number of hydrogen-bond donors (Lipinski definition) is 2. The van der Waals surface area contributed by atoms with Gasteiger partial charge in [-0.3, -0.25) is 0 Å². The summed E-state index contributed by atoms with van der Waals surface area (Å²) >= 11 is 0. The van der Waals surface area contributed by atoms with Gasteiger partial charge in [0.05, 0.1) is 6.10 Å². The Bertz CT molecular complexity index is 1070. The summed E-state index contributed by atoms with van der Waals surface area (Å²) in [5.74, 6) is -1.58. The molecule has 4 rings (SSSR count). The van der Waals surface area contributed by atoms with Crippen LogP contribution in [-0.4, -0.2) is 58.6 Å². The first-order valence-electron chi connectivity index (χ1n) is 16.4. The molecule has 6 atom stereocenters. The number of esters is 2. The highest BCUT2D eigenvalue weighted by molar-refractivity contribution is 5.87. The molecule has 2 saturated heterocycles. The van der Waals surface area contributed by atoms with Gasteiger partial charge in [0, 0.05) is 25.3 Å². The molecule has 1 aliphatic carbocycles. The van der Waals surface area contributed by atoms with E-state index in [9.17, 15) is 19.8 Å². The summed E-state index contributed by atoms with van der Waals surface area (Å²) in [6.07, 6.45) is 15.5. The Morgan fingerprint density at radius 1 is 0.884 bits per heavy atom. The molecule has 1 aromatic rings. The van der Waals surface area contributed by atoms with Gasteiger partial charge in [-0.05, 0) is 43.0 Å². The molecule has 0 amide bonds. The quantitative estimate of drug-likeness (QED) is 0.0835. The second-order valence-corrected chi connectivity index (χ2v) is 12.2. The largest absolute Gasteiger partial charge is 0.504 e. The predicted molar refractivity (Wildman–Crippen MR) is 161 cm³/mol. The maximum atomic E-state index is 13.3. The number of rotatable bonds is 17. The van der Waals surface area contributed by atoms with Crippen molar-refractivity contribution in [1.29, 1.82) is 0 Å². The van der Waals surface area contributed by atoms with E-state index in [0.29, 0.717) is 18.4 Å². The SMILES string of the molecule is CCCCCCCC[C@H]1O[C@H]2[C@H](OC(=O)/C=C/c3ccc(O)c(O)c3)C[C@]3(C[C@H]2O1)O[C@@H](CCCCCCCC)OC3=O. The van der Waals surface area contributed by atoms with Gasteiger partial charge in [0.1, 0.15) is 12.2 Å². The van der Waals surface area contributed by atoms with Crippen LogP contribution in [0, 0.1) is 0 Å². The van der Waals surface area contributed by atoms with Crippen molar-refractivity contribution in [2.75, 3.05) is 0 Å². The Morgan fingerprint density at radius 3 is 2.21 bits per heavy atom. The molecule has 0 bridgehead atoms. The van der Waals surface area contributed by atoms with Gasteiger partial charge in [-0.15, -0.1) is 0 Å². The summed E-state index contributed by atoms with van der Waals surface area (Å²) < 4.78 is 30.5. The van der Waals surface area contributed by atoms with Crippen LogP contribution in [0.25, 0.3) is 6.08 Å². The molecule has 43 heavy (non-hydrogen) atoms. The number of aromatic hydroxyl groups is 2. The van der Waals surface area contributed by atoms with Gasteiger partial charge >= 0.3 is 11.9 Å². The maximum Gasteiger partial charge on any atom is 0.341 e. The van der Waals surface area contributed by atoms with E-state index in [1.165, 1.54) is 69.2 Å². The number of cyclic esters (lactones) is 1. The number of unbranched alkanes of at least 4 members (excludes halogenated alkanes) is 10. The summed E-state index contributed by atoms with van der Waals surface area (Å²) in [5, 5.41) is 19.3. The van der Waals surface area contributed by atoms with Crippen molar-refractivity contribution in [3.8, 4) is 11.5 Å². The average Bonchev–Trinajstić information content (AvgIpc) is 3.53. The third kappa shape index (κ3) is 9.43. The van der Waals surface area contributed by atoms with Crippen LogP contribution in [-0.2, 0) is 33.3 Å². The standard InChI is InChI=1S/C34H50O9/c1-3-5-7-9-11-13-15-30-40-28-23-34(33(38)42-31(43-34)16-14-12-10-8-6-4-2)22-27(32(28)41-30)39-29(37)20-18-24-17-19-25(35)26(36)21-24/h17-21,27-28,30-32,35-36H,3-16,22-23H2,1-2H3/b20-18+/t27-,28-,30-,31+,32+,34-/m1/s1. The molecule has 9 nitrogen and oxygen atoms in total. The molecule has 3 fully saturated rings. The van der Waals surface area contributed by atoms with E-state index < -0.39 is 48.4 Å². The lowest BCUT2D eigenvalue weighted by Gasteiger charge is -2.39. The minimum Gasteiger partial charge on any atom is -0.504 e. The van der Waals surface area contributed by atoms with Gasteiger partial charge in [-0.2, -0.15) is 0 Å². The van der Waals surface area contributed by atoms with E-state index in [1.807, 2.05) is 0 Å². The van der Waals surface area contributed by atoms with Gasteiger partial charge in [0.2, 0.25) is 6.29 Å². The summed E-state index contributed by atoms with van der Waals surface area (Å²) in [6, 6.07) is 4.25. The molecule has 9 heteroatoms. The lowest BCUT2D eigenvalue weighted by Crippen LogP contribution is -2.55. The fourth-order valence-electron chi connectivity index (χ4n) is 6.26. The van der Waals surface area contributed by atoms with Crippen molar-refractivity contribution in [2.24, 2.45) is 0 Å². The minimum absolute atomic E-state index is 0.132. The molecular weight excluding hydrogens is 552 g/mol. The van der Waals surface area contributed by atoms with Crippen LogP contribution in [0.15, 0.2) is 24.3 Å². The third-order valence-corrected chi connectivity index (χ3v) is 8.66. The Morgan fingerprint density at radius 2 is 1.53 bits per heavy atom. The van der Waals surface area contributed by atoms with Gasteiger partial charge in [0.15, 0.2) is 23.4 Å². The van der Waals surface area contributed by atoms with Crippen molar-refractivity contribution in [2.45, 2.75) is 153 Å². The fourth-order valence-corrected chi connectivity index (χ4v) is 6.26. The Kier molecular flexibility index (Phi) is 12.7. The van der Waals surface area contributed by atoms with Crippen LogP contribution in [0.5, 0.6) is 11.5 Å². The predicted octanol–water partition coefficient (Wildman–Crippen LogP) is 7.07. The summed E-state index contributed by atoms with van der Waals surface area (Å²) in [7, 11) is 0. The average molecular weight is 603 g/mol. The number of carbonyl (C=O) groups is 2. The van der Waals surface area contributed by atoms with E-state index in [1.54, 1.807) is 6.07 Å². The van der Waals surface area contributed by atoms with Crippen LogP contribution >= 0.6 is 0 Å². The molecule has 0 radical (unpaired) electrons. The molecule has 1 spiro atoms. The van der Waals surface area contributed by atoms with Crippen LogP contribution in [0.1, 0.15) is 122 Å². The van der Waals surface area contributed by atoms with Gasteiger partial charge in [-0.25, -0.2) is 9.59 Å². The van der Waals surface area contributed by atoms with Crippen LogP contribution in [0.2, 0.25) is 0 Å². The number of ether oxygens (including phenoxy) is 5. The molecule has 1 aromatic carbocycles. The second-order valence-electron chi connectivity index (χ2n) is 12.2. The molecular formula is C34H50O9. The van der Waals surface area contributed by atoms with E-state index in [-0.39, 0.29) is 17.9 Å². The topological polar surface area (TPSA) is 121 Å². The molecule has 1 saturated carbocycles. The van der Waals surface area contributed by atoms with Crippen LogP contribution in [0.4, 0.5) is 0 Å². The molecule has 0 aromatic heterocycles.